The molecule has 0 bridgehead atoms. The van der Waals surface area contributed by atoms with E-state index in [-0.39, 0.29) is 12.1 Å². The Hall–Kier alpha value is -2.70. The molecule has 0 fully saturated rings. The van der Waals surface area contributed by atoms with Crippen LogP contribution >= 0.6 is 0 Å². The van der Waals surface area contributed by atoms with Crippen LogP contribution in [0.25, 0.3) is 0 Å². The van der Waals surface area contributed by atoms with E-state index in [0.717, 1.165) is 11.0 Å². The zero-order valence-corrected chi connectivity index (χ0v) is 11.2. The second-order valence-electron chi connectivity index (χ2n) is 4.12. The highest BCUT2D eigenvalue weighted by atomic mass is 19.1. The lowest BCUT2D eigenvalue weighted by molar-refractivity contribution is -0.143. The minimum atomic E-state index is -1.18. The van der Waals surface area contributed by atoms with Crippen molar-refractivity contribution < 1.29 is 23.9 Å². The average Bonchev–Trinajstić information content (AvgIpc) is 2.44. The normalized spacial score (nSPS) is 9.76. The number of carbonyl (C=O) groups excluding carboxylic acids is 2. The van der Waals surface area contributed by atoms with Crippen LogP contribution in [0, 0.1) is 5.82 Å². The van der Waals surface area contributed by atoms with Crippen molar-refractivity contribution >= 4 is 17.8 Å². The van der Waals surface area contributed by atoms with Gasteiger partial charge in [-0.1, -0.05) is 18.2 Å². The van der Waals surface area contributed by atoms with Crippen LogP contribution in [0.1, 0.15) is 10.4 Å². The molecular weight excluding hydrogens is 279 g/mol. The number of nitrogens with zero attached hydrogens (tertiary/aromatic N) is 1. The van der Waals surface area contributed by atoms with E-state index in [0.29, 0.717) is 0 Å². The standard InChI is InChI=1S/C14H15FN2O4/c1-2-7-17(9-13(19)20)12(18)8-16-14(21)10-5-3-4-6-11(10)15/h2-6H,1,7-9H2,(H,16,21)(H,19,20). The highest BCUT2D eigenvalue weighted by molar-refractivity contribution is 5.96. The second kappa shape index (κ2) is 7.78. The van der Waals surface area contributed by atoms with Crippen LogP contribution in [0.15, 0.2) is 36.9 Å². The first-order valence-corrected chi connectivity index (χ1v) is 6.09. The summed E-state index contributed by atoms with van der Waals surface area (Å²) in [5, 5.41) is 10.9. The average molecular weight is 294 g/mol. The molecule has 1 aromatic rings. The molecule has 0 heterocycles. The lowest BCUT2D eigenvalue weighted by Crippen LogP contribution is -2.42. The van der Waals surface area contributed by atoms with Crippen LogP contribution in [-0.2, 0) is 9.59 Å². The molecule has 0 unspecified atom stereocenters. The van der Waals surface area contributed by atoms with Gasteiger partial charge in [-0.05, 0) is 12.1 Å². The monoisotopic (exact) mass is 294 g/mol. The van der Waals surface area contributed by atoms with Gasteiger partial charge in [-0.3, -0.25) is 14.4 Å². The first-order valence-electron chi connectivity index (χ1n) is 6.09. The lowest BCUT2D eigenvalue weighted by atomic mass is 10.2. The van der Waals surface area contributed by atoms with Gasteiger partial charge in [-0.25, -0.2) is 4.39 Å². The van der Waals surface area contributed by atoms with Gasteiger partial charge in [0.2, 0.25) is 5.91 Å². The smallest absolute Gasteiger partial charge is 0.323 e. The Morgan fingerprint density at radius 2 is 2.00 bits per heavy atom. The summed E-state index contributed by atoms with van der Waals surface area (Å²) in [6.07, 6.45) is 1.37. The number of halogens is 1. The largest absolute Gasteiger partial charge is 0.480 e. The molecule has 1 aromatic carbocycles. The van der Waals surface area contributed by atoms with E-state index in [2.05, 4.69) is 11.9 Å². The van der Waals surface area contributed by atoms with E-state index in [1.54, 1.807) is 0 Å². The molecule has 1 rings (SSSR count). The third kappa shape index (κ3) is 5.06. The van der Waals surface area contributed by atoms with Crippen molar-refractivity contribution in [2.75, 3.05) is 19.6 Å². The number of carbonyl (C=O) groups is 3. The van der Waals surface area contributed by atoms with Gasteiger partial charge in [-0.15, -0.1) is 6.58 Å². The highest BCUT2D eigenvalue weighted by Crippen LogP contribution is 2.05. The SMILES string of the molecule is C=CCN(CC(=O)O)C(=O)CNC(=O)c1ccccc1F. The molecule has 112 valence electrons. The fourth-order valence-corrected chi connectivity index (χ4v) is 1.58. The van der Waals surface area contributed by atoms with E-state index in [1.807, 2.05) is 0 Å². The van der Waals surface area contributed by atoms with E-state index >= 15 is 0 Å². The summed E-state index contributed by atoms with van der Waals surface area (Å²) in [6, 6.07) is 5.35. The quantitative estimate of drug-likeness (QED) is 0.723. The topological polar surface area (TPSA) is 86.7 Å². The first kappa shape index (κ1) is 16.4. The number of hydrogen-bond acceptors (Lipinski definition) is 3. The van der Waals surface area contributed by atoms with Crippen LogP contribution < -0.4 is 5.32 Å². The molecule has 0 radical (unpaired) electrons. The van der Waals surface area contributed by atoms with Crippen molar-refractivity contribution in [1.82, 2.24) is 10.2 Å². The van der Waals surface area contributed by atoms with Crippen molar-refractivity contribution in [2.24, 2.45) is 0 Å². The number of benzene rings is 1. The Balaban J connectivity index is 2.62. The molecule has 6 nitrogen and oxygen atoms in total. The van der Waals surface area contributed by atoms with E-state index in [9.17, 15) is 18.8 Å². The minimum Gasteiger partial charge on any atom is -0.480 e. The Bertz CT molecular complexity index is 560. The van der Waals surface area contributed by atoms with Crippen LogP contribution in [0.2, 0.25) is 0 Å². The van der Waals surface area contributed by atoms with Gasteiger partial charge >= 0.3 is 5.97 Å². The summed E-state index contributed by atoms with van der Waals surface area (Å²) in [4.78, 5) is 35.1. The van der Waals surface area contributed by atoms with Gasteiger partial charge in [0.05, 0.1) is 12.1 Å². The van der Waals surface area contributed by atoms with Gasteiger partial charge in [0, 0.05) is 6.54 Å². The molecule has 0 aliphatic rings. The van der Waals surface area contributed by atoms with Crippen LogP contribution in [0.3, 0.4) is 0 Å². The Morgan fingerprint density at radius 3 is 2.57 bits per heavy atom. The lowest BCUT2D eigenvalue weighted by Gasteiger charge is -2.19. The molecule has 0 aromatic heterocycles. The fraction of sp³-hybridized carbons (Fsp3) is 0.214. The molecule has 21 heavy (non-hydrogen) atoms. The molecule has 2 N–H and O–H groups in total. The molecular formula is C14H15FN2O4. The van der Waals surface area contributed by atoms with Crippen molar-refractivity contribution in [1.29, 1.82) is 0 Å². The van der Waals surface area contributed by atoms with Gasteiger partial charge in [0.25, 0.3) is 5.91 Å². The number of amides is 2. The van der Waals surface area contributed by atoms with E-state index in [1.165, 1.54) is 24.3 Å². The molecule has 0 atom stereocenters. The maximum Gasteiger partial charge on any atom is 0.323 e. The molecule has 0 saturated carbocycles. The Kier molecular flexibility index (Phi) is 6.06. The van der Waals surface area contributed by atoms with Crippen molar-refractivity contribution in [2.45, 2.75) is 0 Å². The summed E-state index contributed by atoms with van der Waals surface area (Å²) in [6.45, 7) is 2.54. The maximum absolute atomic E-state index is 13.4. The summed E-state index contributed by atoms with van der Waals surface area (Å²) >= 11 is 0. The van der Waals surface area contributed by atoms with Crippen molar-refractivity contribution in [3.63, 3.8) is 0 Å². The fourth-order valence-electron chi connectivity index (χ4n) is 1.58. The molecule has 0 spiro atoms. The third-order valence-electron chi connectivity index (χ3n) is 2.55. The minimum absolute atomic E-state index is 0.0424. The molecule has 0 aliphatic carbocycles. The molecule has 2 amide bonds. The van der Waals surface area contributed by atoms with E-state index < -0.39 is 36.7 Å². The van der Waals surface area contributed by atoms with Crippen LogP contribution in [0.4, 0.5) is 4.39 Å². The summed E-state index contributed by atoms with van der Waals surface area (Å²) in [5.74, 6) is -3.21. The van der Waals surface area contributed by atoms with Crippen LogP contribution in [-0.4, -0.2) is 47.4 Å². The van der Waals surface area contributed by atoms with E-state index in [4.69, 9.17) is 5.11 Å². The summed E-state index contributed by atoms with van der Waals surface area (Å²) < 4.78 is 13.4. The number of nitrogens with one attached hydrogen (secondary N) is 1. The van der Waals surface area contributed by atoms with Gasteiger partial charge < -0.3 is 15.3 Å². The number of aliphatic carboxylic acids is 1. The van der Waals surface area contributed by atoms with Gasteiger partial charge in [-0.2, -0.15) is 0 Å². The predicted molar refractivity (Wildman–Crippen MR) is 73.1 cm³/mol. The number of rotatable bonds is 7. The molecule has 0 aliphatic heterocycles. The third-order valence-corrected chi connectivity index (χ3v) is 2.55. The van der Waals surface area contributed by atoms with Crippen molar-refractivity contribution in [3.05, 3.63) is 48.3 Å². The zero-order valence-electron chi connectivity index (χ0n) is 11.2. The van der Waals surface area contributed by atoms with Crippen LogP contribution in [0.5, 0.6) is 0 Å². The van der Waals surface area contributed by atoms with Crippen molar-refractivity contribution in [3.8, 4) is 0 Å². The highest BCUT2D eigenvalue weighted by Gasteiger charge is 2.17. The second-order valence-corrected chi connectivity index (χ2v) is 4.12. The number of carboxylic acids is 1. The molecule has 0 saturated heterocycles. The Labute approximate surface area is 120 Å². The summed E-state index contributed by atoms with van der Waals surface area (Å²) in [5.41, 5.74) is -0.182. The predicted octanol–water partition coefficient (Wildman–Crippen LogP) is 0.655. The number of carboxylic acid groups (broad SMARTS) is 1. The number of hydrogen-bond donors (Lipinski definition) is 2. The Morgan fingerprint density at radius 1 is 1.33 bits per heavy atom. The molecule has 7 heteroatoms. The van der Waals surface area contributed by atoms with Gasteiger partial charge in [0.15, 0.2) is 0 Å². The summed E-state index contributed by atoms with van der Waals surface area (Å²) in [7, 11) is 0. The van der Waals surface area contributed by atoms with Gasteiger partial charge in [0.1, 0.15) is 12.4 Å². The first-order chi connectivity index (χ1) is 9.95. The maximum atomic E-state index is 13.4. The zero-order chi connectivity index (χ0) is 15.8.